The van der Waals surface area contributed by atoms with Gasteiger partial charge in [-0.05, 0) is 30.9 Å². The first-order valence-corrected chi connectivity index (χ1v) is 9.27. The molecular formula is C15H21N3O3S. The summed E-state index contributed by atoms with van der Waals surface area (Å²) in [7, 11) is -3.50. The van der Waals surface area contributed by atoms with Crippen LogP contribution in [0.3, 0.4) is 0 Å². The fourth-order valence-corrected chi connectivity index (χ4v) is 4.59. The number of fused-ring (bicyclic) bond motifs is 1. The molecule has 3 rings (SSSR count). The quantitative estimate of drug-likeness (QED) is 0.844. The van der Waals surface area contributed by atoms with Gasteiger partial charge in [0.25, 0.3) is 0 Å². The second kappa shape index (κ2) is 6.36. The van der Waals surface area contributed by atoms with Crippen molar-refractivity contribution in [2.45, 2.75) is 37.5 Å². The van der Waals surface area contributed by atoms with E-state index in [4.69, 9.17) is 10.3 Å². The summed E-state index contributed by atoms with van der Waals surface area (Å²) in [6.45, 7) is 0.323. The molecule has 1 aliphatic rings. The van der Waals surface area contributed by atoms with Gasteiger partial charge in [-0.1, -0.05) is 30.1 Å². The minimum Gasteiger partial charge on any atom is -0.356 e. The van der Waals surface area contributed by atoms with Crippen LogP contribution in [0.1, 0.15) is 31.4 Å². The van der Waals surface area contributed by atoms with E-state index < -0.39 is 10.0 Å². The van der Waals surface area contributed by atoms with E-state index in [1.54, 1.807) is 6.07 Å². The summed E-state index contributed by atoms with van der Waals surface area (Å²) in [5, 5.41) is 4.62. The average molecular weight is 323 g/mol. The summed E-state index contributed by atoms with van der Waals surface area (Å²) < 4.78 is 32.8. The monoisotopic (exact) mass is 323 g/mol. The van der Waals surface area contributed by atoms with Gasteiger partial charge in [0.2, 0.25) is 10.0 Å². The van der Waals surface area contributed by atoms with Crippen molar-refractivity contribution in [3.05, 3.63) is 30.0 Å². The highest BCUT2D eigenvalue weighted by Crippen LogP contribution is 2.28. The molecule has 1 saturated carbocycles. The van der Waals surface area contributed by atoms with Gasteiger partial charge >= 0.3 is 0 Å². The lowest BCUT2D eigenvalue weighted by molar-refractivity contribution is 0.404. The largest absolute Gasteiger partial charge is 0.356 e. The maximum atomic E-state index is 12.4. The van der Waals surface area contributed by atoms with Gasteiger partial charge in [0.15, 0.2) is 5.58 Å². The Kier molecular flexibility index (Phi) is 4.46. The van der Waals surface area contributed by atoms with E-state index in [2.05, 4.69) is 9.88 Å². The highest BCUT2D eigenvalue weighted by molar-refractivity contribution is 7.88. The summed E-state index contributed by atoms with van der Waals surface area (Å²) in [4.78, 5) is 0. The van der Waals surface area contributed by atoms with E-state index in [1.807, 2.05) is 18.2 Å². The molecule has 1 unspecified atom stereocenters. The maximum Gasteiger partial charge on any atom is 0.217 e. The van der Waals surface area contributed by atoms with Gasteiger partial charge in [0.1, 0.15) is 11.4 Å². The molecule has 1 atom stereocenters. The first-order chi connectivity index (χ1) is 10.6. The normalized spacial score (nSPS) is 18.0. The molecule has 7 heteroatoms. The molecule has 1 heterocycles. The number of rotatable bonds is 6. The van der Waals surface area contributed by atoms with Gasteiger partial charge < -0.3 is 10.3 Å². The minimum absolute atomic E-state index is 0.187. The number of nitrogens with one attached hydrogen (secondary N) is 1. The van der Waals surface area contributed by atoms with Crippen LogP contribution in [0.5, 0.6) is 0 Å². The predicted molar refractivity (Wildman–Crippen MR) is 84.6 cm³/mol. The molecule has 22 heavy (non-hydrogen) atoms. The lowest BCUT2D eigenvalue weighted by Crippen LogP contribution is -2.45. The molecule has 1 fully saturated rings. The zero-order valence-electron chi connectivity index (χ0n) is 12.4. The Bertz CT molecular complexity index is 735. The van der Waals surface area contributed by atoms with E-state index in [1.165, 1.54) is 0 Å². The first-order valence-electron chi connectivity index (χ1n) is 7.62. The molecule has 2 aromatic rings. The van der Waals surface area contributed by atoms with Crippen LogP contribution in [0.15, 0.2) is 28.8 Å². The van der Waals surface area contributed by atoms with Crippen LogP contribution in [0.25, 0.3) is 11.0 Å². The van der Waals surface area contributed by atoms with Crippen LogP contribution >= 0.6 is 0 Å². The lowest BCUT2D eigenvalue weighted by atomic mass is 9.99. The Hall–Kier alpha value is -1.44. The number of nitrogens with zero attached hydrogens (tertiary/aromatic N) is 1. The zero-order valence-corrected chi connectivity index (χ0v) is 13.2. The molecule has 0 saturated heterocycles. The molecule has 0 radical (unpaired) electrons. The van der Waals surface area contributed by atoms with E-state index in [0.717, 1.165) is 31.1 Å². The SMILES string of the molecule is NCC(NS(=O)(=O)Cc1noc2ccccc12)C1CCCC1. The van der Waals surface area contributed by atoms with Crippen molar-refractivity contribution in [2.75, 3.05) is 6.54 Å². The summed E-state index contributed by atoms with van der Waals surface area (Å²) >= 11 is 0. The Labute approximate surface area is 130 Å². The lowest BCUT2D eigenvalue weighted by Gasteiger charge is -2.22. The van der Waals surface area contributed by atoms with Crippen molar-refractivity contribution in [2.24, 2.45) is 11.7 Å². The fourth-order valence-electron chi connectivity index (χ4n) is 3.19. The second-order valence-corrected chi connectivity index (χ2v) is 7.64. The third-order valence-corrected chi connectivity index (χ3v) is 5.65. The Morgan fingerprint density at radius 2 is 2.05 bits per heavy atom. The second-order valence-electron chi connectivity index (χ2n) is 5.89. The number of hydrogen-bond acceptors (Lipinski definition) is 5. The molecule has 0 spiro atoms. The molecule has 3 N–H and O–H groups in total. The molecule has 1 aliphatic carbocycles. The topological polar surface area (TPSA) is 98.2 Å². The molecule has 6 nitrogen and oxygen atoms in total. The van der Waals surface area contributed by atoms with Gasteiger partial charge in [-0.2, -0.15) is 0 Å². The molecule has 0 aliphatic heterocycles. The fraction of sp³-hybridized carbons (Fsp3) is 0.533. The number of hydrogen-bond donors (Lipinski definition) is 2. The van der Waals surface area contributed by atoms with Gasteiger partial charge in [-0.25, -0.2) is 13.1 Å². The minimum atomic E-state index is -3.50. The summed E-state index contributed by atoms with van der Waals surface area (Å²) in [5.74, 6) is 0.154. The summed E-state index contributed by atoms with van der Waals surface area (Å²) in [6, 6.07) is 7.06. The molecule has 1 aromatic heterocycles. The number of benzene rings is 1. The molecule has 0 amide bonds. The van der Waals surface area contributed by atoms with Crippen LogP contribution in [0.4, 0.5) is 0 Å². The molecular weight excluding hydrogens is 302 g/mol. The molecule has 1 aromatic carbocycles. The number of aromatic nitrogens is 1. The highest BCUT2D eigenvalue weighted by atomic mass is 32.2. The van der Waals surface area contributed by atoms with Gasteiger partial charge in [0.05, 0.1) is 0 Å². The maximum absolute atomic E-state index is 12.4. The third-order valence-electron chi connectivity index (χ3n) is 4.33. The Balaban J connectivity index is 1.75. The van der Waals surface area contributed by atoms with Crippen molar-refractivity contribution >= 4 is 21.0 Å². The van der Waals surface area contributed by atoms with Crippen molar-refractivity contribution in [1.29, 1.82) is 0 Å². The van der Waals surface area contributed by atoms with Crippen LogP contribution in [0, 0.1) is 5.92 Å². The van der Waals surface area contributed by atoms with Crippen LogP contribution in [-0.2, 0) is 15.8 Å². The predicted octanol–water partition coefficient (Wildman–Crippen LogP) is 1.76. The number of para-hydroxylation sites is 1. The van der Waals surface area contributed by atoms with Crippen LogP contribution in [-0.4, -0.2) is 26.2 Å². The number of sulfonamides is 1. The number of nitrogens with two attached hydrogens (primary N) is 1. The molecule has 120 valence electrons. The van der Waals surface area contributed by atoms with E-state index in [-0.39, 0.29) is 11.8 Å². The van der Waals surface area contributed by atoms with Crippen molar-refractivity contribution in [3.8, 4) is 0 Å². The summed E-state index contributed by atoms with van der Waals surface area (Å²) in [5.41, 5.74) is 6.79. The van der Waals surface area contributed by atoms with Gasteiger partial charge in [0, 0.05) is 18.0 Å². The van der Waals surface area contributed by atoms with Crippen molar-refractivity contribution in [3.63, 3.8) is 0 Å². The van der Waals surface area contributed by atoms with E-state index in [0.29, 0.717) is 23.7 Å². The standard InChI is InChI=1S/C15H21N3O3S/c16-9-13(11-5-1-2-6-11)18-22(19,20)10-14-12-7-3-4-8-15(12)21-17-14/h3-4,7-8,11,13,18H,1-2,5-6,9-10,16H2. The van der Waals surface area contributed by atoms with Crippen LogP contribution < -0.4 is 10.5 Å². The van der Waals surface area contributed by atoms with E-state index >= 15 is 0 Å². The van der Waals surface area contributed by atoms with Gasteiger partial charge in [-0.15, -0.1) is 0 Å². The zero-order chi connectivity index (χ0) is 15.6. The highest BCUT2D eigenvalue weighted by Gasteiger charge is 2.28. The smallest absolute Gasteiger partial charge is 0.217 e. The molecule has 0 bridgehead atoms. The Morgan fingerprint density at radius 3 is 2.77 bits per heavy atom. The van der Waals surface area contributed by atoms with Crippen molar-refractivity contribution in [1.82, 2.24) is 9.88 Å². The first kappa shape index (κ1) is 15.5. The third kappa shape index (κ3) is 3.31. The van der Waals surface area contributed by atoms with Crippen LogP contribution in [0.2, 0.25) is 0 Å². The van der Waals surface area contributed by atoms with Gasteiger partial charge in [-0.3, -0.25) is 0 Å². The summed E-state index contributed by atoms with van der Waals surface area (Å²) in [6.07, 6.45) is 4.38. The average Bonchev–Trinajstić information content (AvgIpc) is 3.15. The van der Waals surface area contributed by atoms with E-state index in [9.17, 15) is 8.42 Å². The van der Waals surface area contributed by atoms with Crippen molar-refractivity contribution < 1.29 is 12.9 Å². The Morgan fingerprint density at radius 1 is 1.32 bits per heavy atom.